The van der Waals surface area contributed by atoms with E-state index in [-0.39, 0.29) is 11.5 Å². The number of likely N-dealkylation sites (N-methyl/N-ethyl adjacent to an activating group) is 1. The van der Waals surface area contributed by atoms with E-state index in [0.717, 1.165) is 38.4 Å². The fourth-order valence-electron chi connectivity index (χ4n) is 4.06. The highest BCUT2D eigenvalue weighted by Crippen LogP contribution is 2.41. The van der Waals surface area contributed by atoms with Crippen molar-refractivity contribution in [1.82, 2.24) is 9.80 Å². The summed E-state index contributed by atoms with van der Waals surface area (Å²) in [6.07, 6.45) is 0. The van der Waals surface area contributed by atoms with E-state index >= 15 is 0 Å². The molecule has 36 heavy (non-hydrogen) atoms. The van der Waals surface area contributed by atoms with E-state index < -0.39 is 0 Å². The number of fused-ring (bicyclic) bond motifs is 1. The van der Waals surface area contributed by atoms with Crippen molar-refractivity contribution in [2.75, 3.05) is 48.5 Å². The first-order chi connectivity index (χ1) is 17.3. The number of carbonyl (C=O) groups excluding carboxylic acids is 1. The smallest absolute Gasteiger partial charge is 0.195 e. The summed E-state index contributed by atoms with van der Waals surface area (Å²) in [5.74, 6) is 1.57. The minimum atomic E-state index is -0.0806. The molecule has 1 aromatic heterocycles. The van der Waals surface area contributed by atoms with Gasteiger partial charge in [-0.2, -0.15) is 0 Å². The summed E-state index contributed by atoms with van der Waals surface area (Å²) in [5.41, 5.74) is 3.13. The number of phenolic OH excluding ortho intramolecular Hbond substituents is 1. The molecular formula is C29H32N2O4S. The predicted octanol–water partition coefficient (Wildman–Crippen LogP) is 5.52. The molecule has 0 spiro atoms. The van der Waals surface area contributed by atoms with Gasteiger partial charge in [0.05, 0.1) is 7.11 Å². The van der Waals surface area contributed by atoms with Crippen LogP contribution < -0.4 is 9.47 Å². The molecule has 0 saturated heterocycles. The van der Waals surface area contributed by atoms with Crippen molar-refractivity contribution in [3.63, 3.8) is 0 Å². The highest BCUT2D eigenvalue weighted by atomic mass is 32.1. The van der Waals surface area contributed by atoms with Gasteiger partial charge in [-0.25, -0.2) is 0 Å². The molecule has 4 rings (SSSR count). The molecule has 188 valence electrons. The fraction of sp³-hybridized carbons (Fsp3) is 0.276. The standard InChI is InChI=1S/C29H32N2O4S/c1-30(2)14-15-35-23-11-8-19(9-12-23)29-27(24-13-10-22(32)17-26(24)36-29)28(33)20-6-7-21(18-31(3)4)25(16-20)34-5/h6-13,16-17,32H,14-15,18H2,1-5H3. The molecule has 0 aliphatic heterocycles. The van der Waals surface area contributed by atoms with Crippen molar-refractivity contribution in [2.45, 2.75) is 6.54 Å². The van der Waals surface area contributed by atoms with E-state index in [2.05, 4.69) is 9.80 Å². The Balaban J connectivity index is 1.74. The maximum atomic E-state index is 13.9. The molecule has 0 fully saturated rings. The van der Waals surface area contributed by atoms with Crippen molar-refractivity contribution >= 4 is 27.2 Å². The van der Waals surface area contributed by atoms with E-state index in [1.165, 1.54) is 11.3 Å². The van der Waals surface area contributed by atoms with Crippen LogP contribution >= 0.6 is 11.3 Å². The summed E-state index contributed by atoms with van der Waals surface area (Å²) in [5, 5.41) is 10.9. The summed E-state index contributed by atoms with van der Waals surface area (Å²) in [7, 11) is 9.64. The molecule has 0 aliphatic rings. The molecule has 0 saturated carbocycles. The van der Waals surface area contributed by atoms with Crippen LogP contribution in [0.3, 0.4) is 0 Å². The second kappa shape index (κ2) is 11.1. The van der Waals surface area contributed by atoms with Crippen LogP contribution in [0.25, 0.3) is 20.5 Å². The van der Waals surface area contributed by atoms with Gasteiger partial charge >= 0.3 is 0 Å². The van der Waals surface area contributed by atoms with Gasteiger partial charge in [-0.05, 0) is 82.3 Å². The van der Waals surface area contributed by atoms with E-state index in [1.807, 2.05) is 76.7 Å². The summed E-state index contributed by atoms with van der Waals surface area (Å²) < 4.78 is 12.3. The fourth-order valence-corrected chi connectivity index (χ4v) is 5.30. The van der Waals surface area contributed by atoms with Crippen molar-refractivity contribution in [2.24, 2.45) is 0 Å². The van der Waals surface area contributed by atoms with Crippen LogP contribution in [0.5, 0.6) is 17.2 Å². The Hall–Kier alpha value is -3.39. The Morgan fingerprint density at radius 2 is 1.69 bits per heavy atom. The number of benzene rings is 3. The largest absolute Gasteiger partial charge is 0.508 e. The van der Waals surface area contributed by atoms with Crippen LogP contribution in [0.2, 0.25) is 0 Å². The molecule has 6 nitrogen and oxygen atoms in total. The first-order valence-electron chi connectivity index (χ1n) is 11.8. The van der Waals surface area contributed by atoms with Gasteiger partial charge in [0.15, 0.2) is 5.78 Å². The normalized spacial score (nSPS) is 11.4. The van der Waals surface area contributed by atoms with Crippen LogP contribution in [-0.4, -0.2) is 69.1 Å². The van der Waals surface area contributed by atoms with Crippen LogP contribution in [0.4, 0.5) is 0 Å². The number of ketones is 1. The van der Waals surface area contributed by atoms with Gasteiger partial charge in [0.25, 0.3) is 0 Å². The van der Waals surface area contributed by atoms with Gasteiger partial charge < -0.3 is 24.4 Å². The van der Waals surface area contributed by atoms with E-state index in [4.69, 9.17) is 9.47 Å². The molecule has 4 aromatic rings. The molecule has 7 heteroatoms. The second-order valence-electron chi connectivity index (χ2n) is 9.26. The molecule has 0 amide bonds. The van der Waals surface area contributed by atoms with Crippen LogP contribution in [0.1, 0.15) is 21.5 Å². The minimum absolute atomic E-state index is 0.0806. The SMILES string of the molecule is COc1cc(C(=O)c2c(-c3ccc(OCCN(C)C)cc3)sc3cc(O)ccc23)ccc1CN(C)C. The third kappa shape index (κ3) is 5.70. The molecule has 3 aromatic carbocycles. The Morgan fingerprint density at radius 1 is 0.944 bits per heavy atom. The highest BCUT2D eigenvalue weighted by molar-refractivity contribution is 7.22. The number of rotatable bonds is 10. The lowest BCUT2D eigenvalue weighted by Crippen LogP contribution is -2.19. The monoisotopic (exact) mass is 504 g/mol. The van der Waals surface area contributed by atoms with Crippen molar-refractivity contribution in [3.8, 4) is 27.7 Å². The Labute approximate surface area is 216 Å². The quantitative estimate of drug-likeness (QED) is 0.287. The van der Waals surface area contributed by atoms with Gasteiger partial charge in [-0.15, -0.1) is 11.3 Å². The van der Waals surface area contributed by atoms with E-state index in [9.17, 15) is 9.90 Å². The predicted molar refractivity (Wildman–Crippen MR) is 147 cm³/mol. The first-order valence-corrected chi connectivity index (χ1v) is 12.6. The van der Waals surface area contributed by atoms with Gasteiger partial charge in [-0.3, -0.25) is 4.79 Å². The van der Waals surface area contributed by atoms with Gasteiger partial charge in [0, 0.05) is 44.7 Å². The van der Waals surface area contributed by atoms with Crippen LogP contribution in [0, 0.1) is 0 Å². The summed E-state index contributed by atoms with van der Waals surface area (Å²) in [6.45, 7) is 2.15. The summed E-state index contributed by atoms with van der Waals surface area (Å²) in [6, 6.07) is 18.6. The maximum Gasteiger partial charge on any atom is 0.195 e. The molecule has 0 bridgehead atoms. The zero-order valence-corrected chi connectivity index (χ0v) is 22.2. The third-order valence-electron chi connectivity index (χ3n) is 5.86. The second-order valence-corrected chi connectivity index (χ2v) is 10.3. The van der Waals surface area contributed by atoms with Crippen molar-refractivity contribution < 1.29 is 19.4 Å². The average Bonchev–Trinajstić information content (AvgIpc) is 3.22. The zero-order valence-electron chi connectivity index (χ0n) is 21.4. The topological polar surface area (TPSA) is 62.2 Å². The third-order valence-corrected chi connectivity index (χ3v) is 7.06. The Bertz CT molecular complexity index is 1360. The van der Waals surface area contributed by atoms with Crippen molar-refractivity contribution in [3.05, 3.63) is 77.4 Å². The summed E-state index contributed by atoms with van der Waals surface area (Å²) >= 11 is 1.50. The number of thiophene rings is 1. The number of hydrogen-bond donors (Lipinski definition) is 1. The van der Waals surface area contributed by atoms with Crippen molar-refractivity contribution in [1.29, 1.82) is 0 Å². The van der Waals surface area contributed by atoms with Gasteiger partial charge in [-0.1, -0.05) is 12.1 Å². The molecule has 0 radical (unpaired) electrons. The summed E-state index contributed by atoms with van der Waals surface area (Å²) in [4.78, 5) is 18.9. The number of hydrogen-bond acceptors (Lipinski definition) is 7. The molecule has 0 atom stereocenters. The number of ether oxygens (including phenoxy) is 2. The number of carbonyl (C=O) groups is 1. The molecule has 1 N–H and O–H groups in total. The maximum absolute atomic E-state index is 13.9. The molecule has 0 aliphatic carbocycles. The zero-order chi connectivity index (χ0) is 25.8. The van der Waals surface area contributed by atoms with E-state index in [0.29, 0.717) is 30.0 Å². The van der Waals surface area contributed by atoms with Gasteiger partial charge in [0.1, 0.15) is 23.9 Å². The molecular weight excluding hydrogens is 472 g/mol. The van der Waals surface area contributed by atoms with Gasteiger partial charge in [0.2, 0.25) is 0 Å². The highest BCUT2D eigenvalue weighted by Gasteiger charge is 2.23. The molecule has 1 heterocycles. The number of nitrogens with zero attached hydrogens (tertiary/aromatic N) is 2. The lowest BCUT2D eigenvalue weighted by molar-refractivity contribution is 0.104. The average molecular weight is 505 g/mol. The molecule has 0 unspecified atom stereocenters. The Morgan fingerprint density at radius 3 is 2.36 bits per heavy atom. The number of aromatic hydroxyl groups is 1. The van der Waals surface area contributed by atoms with Crippen LogP contribution in [0.15, 0.2) is 60.7 Å². The van der Waals surface area contributed by atoms with E-state index in [1.54, 1.807) is 19.2 Å². The Kier molecular flexibility index (Phi) is 7.94. The lowest BCUT2D eigenvalue weighted by atomic mass is 9.96. The van der Waals surface area contributed by atoms with Crippen LogP contribution in [-0.2, 0) is 6.54 Å². The minimum Gasteiger partial charge on any atom is -0.508 e. The first kappa shape index (κ1) is 25.7. The number of phenols is 1. The lowest BCUT2D eigenvalue weighted by Gasteiger charge is -2.14. The number of methoxy groups -OCH3 is 1.